The summed E-state index contributed by atoms with van der Waals surface area (Å²) in [5, 5.41) is 8.88. The summed E-state index contributed by atoms with van der Waals surface area (Å²) in [6, 6.07) is 21.6. The van der Waals surface area contributed by atoms with E-state index >= 15 is 0 Å². The van der Waals surface area contributed by atoms with Gasteiger partial charge in [-0.3, -0.25) is 0 Å². The Labute approximate surface area is 220 Å². The predicted molar refractivity (Wildman–Crippen MR) is 144 cm³/mol. The van der Waals surface area contributed by atoms with Gasteiger partial charge in [-0.2, -0.15) is 0 Å². The first-order valence-electron chi connectivity index (χ1n) is 11.5. The SMILES string of the molecule is COC(=O)c1ccc2c(c1)[C@@H]1[C@@H](CCN1C(=S)NCc1ccccc1)[C@H](c1ccc(Cl)c(Cl)c1)N2. The monoisotopic (exact) mass is 525 g/mol. The highest BCUT2D eigenvalue weighted by Gasteiger charge is 2.45. The van der Waals surface area contributed by atoms with Crippen molar-refractivity contribution in [2.24, 2.45) is 5.92 Å². The standard InChI is InChI=1S/C27H25Cl2N3O2S/c1-34-26(33)18-8-10-23-20(13-18)25-19(24(31-23)17-7-9-21(28)22(29)14-17)11-12-32(25)27(35)30-15-16-5-3-2-4-6-16/h2-10,13-14,19,24-25,31H,11-12,15H2,1H3,(H,30,35)/t19-,24-,25-/m0/s1. The Hall–Kier alpha value is -2.80. The molecule has 2 aliphatic heterocycles. The van der Waals surface area contributed by atoms with Crippen LogP contribution in [0.25, 0.3) is 0 Å². The molecular weight excluding hydrogens is 501 g/mol. The van der Waals surface area contributed by atoms with Gasteiger partial charge in [0.25, 0.3) is 0 Å². The van der Waals surface area contributed by atoms with Gasteiger partial charge in [0.15, 0.2) is 5.11 Å². The highest BCUT2D eigenvalue weighted by Crippen LogP contribution is 2.51. The van der Waals surface area contributed by atoms with Gasteiger partial charge in [-0.25, -0.2) is 4.79 Å². The van der Waals surface area contributed by atoms with E-state index in [1.807, 2.05) is 48.5 Å². The lowest BCUT2D eigenvalue weighted by molar-refractivity contribution is 0.0600. The molecule has 0 aromatic heterocycles. The lowest BCUT2D eigenvalue weighted by Gasteiger charge is -2.41. The van der Waals surface area contributed by atoms with Gasteiger partial charge in [0.05, 0.1) is 34.8 Å². The number of ether oxygens (including phenoxy) is 1. The van der Waals surface area contributed by atoms with E-state index in [0.717, 1.165) is 35.3 Å². The largest absolute Gasteiger partial charge is 0.465 e. The second-order valence-electron chi connectivity index (χ2n) is 8.82. The molecule has 0 saturated carbocycles. The number of halogens is 2. The molecule has 0 aliphatic carbocycles. The molecule has 1 saturated heterocycles. The second-order valence-corrected chi connectivity index (χ2v) is 10.0. The van der Waals surface area contributed by atoms with Crippen LogP contribution >= 0.6 is 35.4 Å². The number of methoxy groups -OCH3 is 1. The Morgan fingerprint density at radius 1 is 1.11 bits per heavy atom. The maximum absolute atomic E-state index is 12.3. The summed E-state index contributed by atoms with van der Waals surface area (Å²) in [6.07, 6.45) is 0.928. The molecule has 0 radical (unpaired) electrons. The van der Waals surface area contributed by atoms with E-state index in [-0.39, 0.29) is 24.0 Å². The van der Waals surface area contributed by atoms with Crippen molar-refractivity contribution in [3.8, 4) is 0 Å². The summed E-state index contributed by atoms with van der Waals surface area (Å²) < 4.78 is 4.98. The van der Waals surface area contributed by atoms with Crippen LogP contribution in [0.5, 0.6) is 0 Å². The number of benzene rings is 3. The Morgan fingerprint density at radius 3 is 2.66 bits per heavy atom. The number of carbonyl (C=O) groups is 1. The number of hydrogen-bond donors (Lipinski definition) is 2. The third kappa shape index (κ3) is 4.70. The van der Waals surface area contributed by atoms with Crippen LogP contribution in [0, 0.1) is 5.92 Å². The van der Waals surface area contributed by atoms with Gasteiger partial charge in [0, 0.05) is 24.7 Å². The zero-order chi connectivity index (χ0) is 24.5. The normalized spacial score (nSPS) is 20.4. The molecule has 180 valence electrons. The van der Waals surface area contributed by atoms with E-state index in [2.05, 4.69) is 27.7 Å². The van der Waals surface area contributed by atoms with E-state index < -0.39 is 0 Å². The van der Waals surface area contributed by atoms with Crippen LogP contribution in [0.2, 0.25) is 10.0 Å². The summed E-state index contributed by atoms with van der Waals surface area (Å²) >= 11 is 18.4. The van der Waals surface area contributed by atoms with Crippen molar-refractivity contribution in [1.82, 2.24) is 10.2 Å². The minimum atomic E-state index is -0.356. The zero-order valence-electron chi connectivity index (χ0n) is 19.1. The van der Waals surface area contributed by atoms with Crippen molar-refractivity contribution in [2.45, 2.75) is 25.0 Å². The van der Waals surface area contributed by atoms with E-state index in [1.165, 1.54) is 7.11 Å². The van der Waals surface area contributed by atoms with Crippen LogP contribution < -0.4 is 10.6 Å². The quantitative estimate of drug-likeness (QED) is 0.304. The molecule has 0 unspecified atom stereocenters. The second kappa shape index (κ2) is 10.1. The Morgan fingerprint density at radius 2 is 1.91 bits per heavy atom. The van der Waals surface area contributed by atoms with Crippen molar-refractivity contribution < 1.29 is 9.53 Å². The smallest absolute Gasteiger partial charge is 0.337 e. The number of rotatable bonds is 4. The average Bonchev–Trinajstić information content (AvgIpc) is 3.34. The topological polar surface area (TPSA) is 53.6 Å². The van der Waals surface area contributed by atoms with E-state index in [4.69, 9.17) is 40.2 Å². The highest BCUT2D eigenvalue weighted by molar-refractivity contribution is 7.80. The number of hydrogen-bond acceptors (Lipinski definition) is 4. The first-order chi connectivity index (χ1) is 17.0. The van der Waals surface area contributed by atoms with Gasteiger partial charge < -0.3 is 20.3 Å². The van der Waals surface area contributed by atoms with Crippen LogP contribution in [0.3, 0.4) is 0 Å². The lowest BCUT2D eigenvalue weighted by Crippen LogP contribution is -2.42. The Bertz CT molecular complexity index is 1270. The van der Waals surface area contributed by atoms with Crippen molar-refractivity contribution in [3.05, 3.63) is 99.0 Å². The highest BCUT2D eigenvalue weighted by atomic mass is 35.5. The van der Waals surface area contributed by atoms with Gasteiger partial charge in [-0.1, -0.05) is 59.6 Å². The number of fused-ring (bicyclic) bond motifs is 3. The number of nitrogens with one attached hydrogen (secondary N) is 2. The van der Waals surface area contributed by atoms with E-state index in [1.54, 1.807) is 6.07 Å². The van der Waals surface area contributed by atoms with Gasteiger partial charge >= 0.3 is 5.97 Å². The van der Waals surface area contributed by atoms with Crippen molar-refractivity contribution in [3.63, 3.8) is 0 Å². The minimum Gasteiger partial charge on any atom is -0.465 e. The molecule has 2 heterocycles. The van der Waals surface area contributed by atoms with Gasteiger partial charge in [0.2, 0.25) is 0 Å². The number of likely N-dealkylation sites (tertiary alicyclic amines) is 1. The number of esters is 1. The van der Waals surface area contributed by atoms with Crippen LogP contribution in [-0.2, 0) is 11.3 Å². The lowest BCUT2D eigenvalue weighted by atomic mass is 9.79. The summed E-state index contributed by atoms with van der Waals surface area (Å²) in [4.78, 5) is 14.5. The molecule has 3 aromatic carbocycles. The molecule has 5 nitrogen and oxygen atoms in total. The van der Waals surface area contributed by atoms with Crippen LogP contribution in [-0.4, -0.2) is 29.6 Å². The average molecular weight is 526 g/mol. The fourth-order valence-electron chi connectivity index (χ4n) is 5.16. The van der Waals surface area contributed by atoms with E-state index in [0.29, 0.717) is 27.3 Å². The summed E-state index contributed by atoms with van der Waals surface area (Å²) in [5.41, 5.74) is 4.76. The molecule has 8 heteroatoms. The molecule has 0 amide bonds. The molecule has 0 bridgehead atoms. The first kappa shape index (κ1) is 23.9. The molecule has 0 spiro atoms. The molecular formula is C27H25Cl2N3O2S. The van der Waals surface area contributed by atoms with E-state index in [9.17, 15) is 4.79 Å². The van der Waals surface area contributed by atoms with Crippen molar-refractivity contribution in [2.75, 3.05) is 19.0 Å². The van der Waals surface area contributed by atoms with Gasteiger partial charge in [-0.15, -0.1) is 0 Å². The van der Waals surface area contributed by atoms with Crippen molar-refractivity contribution in [1.29, 1.82) is 0 Å². The third-order valence-corrected chi connectivity index (χ3v) is 7.94. The number of nitrogens with zero attached hydrogens (tertiary/aromatic N) is 1. The molecule has 3 aromatic rings. The van der Waals surface area contributed by atoms with Crippen LogP contribution in [0.15, 0.2) is 66.7 Å². The van der Waals surface area contributed by atoms with Crippen molar-refractivity contribution >= 4 is 52.2 Å². The van der Waals surface area contributed by atoms with Gasteiger partial charge in [-0.05, 0) is 65.7 Å². The summed E-state index contributed by atoms with van der Waals surface area (Å²) in [7, 11) is 1.40. The first-order valence-corrected chi connectivity index (χ1v) is 12.6. The number of thiocarbonyl (C=S) groups is 1. The zero-order valence-corrected chi connectivity index (χ0v) is 21.5. The maximum atomic E-state index is 12.3. The predicted octanol–water partition coefficient (Wildman–Crippen LogP) is 6.38. The number of carbonyl (C=O) groups excluding carboxylic acids is 1. The fraction of sp³-hybridized carbons (Fsp3) is 0.259. The fourth-order valence-corrected chi connectivity index (χ4v) is 5.74. The molecule has 5 rings (SSSR count). The third-order valence-electron chi connectivity index (χ3n) is 6.83. The maximum Gasteiger partial charge on any atom is 0.337 e. The molecule has 3 atom stereocenters. The summed E-state index contributed by atoms with van der Waals surface area (Å²) in [6.45, 7) is 1.45. The molecule has 2 N–H and O–H groups in total. The number of anilines is 1. The molecule has 1 fully saturated rings. The molecule has 35 heavy (non-hydrogen) atoms. The van der Waals surface area contributed by atoms with Crippen LogP contribution in [0.4, 0.5) is 5.69 Å². The minimum absolute atomic E-state index is 0.00826. The van der Waals surface area contributed by atoms with Gasteiger partial charge in [0.1, 0.15) is 0 Å². The van der Waals surface area contributed by atoms with Crippen LogP contribution in [0.1, 0.15) is 45.6 Å². The summed E-state index contributed by atoms with van der Waals surface area (Å²) in [5.74, 6) is -0.144. The Kier molecular flexibility index (Phi) is 6.87. The Balaban J connectivity index is 1.50. The molecule has 2 aliphatic rings.